The van der Waals surface area contributed by atoms with Crippen molar-refractivity contribution in [2.45, 2.75) is 45.2 Å². The first-order valence-electron chi connectivity index (χ1n) is 7.99. The van der Waals surface area contributed by atoms with Gasteiger partial charge in [0.2, 0.25) is 0 Å². The second-order valence-electron chi connectivity index (χ2n) is 6.26. The Labute approximate surface area is 122 Å². The van der Waals surface area contributed by atoms with Crippen molar-refractivity contribution in [3.05, 3.63) is 29.3 Å². The second kappa shape index (κ2) is 5.74. The number of hydrogen-bond donors (Lipinski definition) is 1. The summed E-state index contributed by atoms with van der Waals surface area (Å²) in [6.07, 6.45) is 3.66. The Kier molecular flexibility index (Phi) is 3.99. The largest absolute Gasteiger partial charge is 0.508 e. The Morgan fingerprint density at radius 2 is 2.15 bits per heavy atom. The molecule has 3 rings (SSSR count). The van der Waals surface area contributed by atoms with Crippen LogP contribution in [0.2, 0.25) is 0 Å². The van der Waals surface area contributed by atoms with Crippen LogP contribution in [0.5, 0.6) is 5.75 Å². The van der Waals surface area contributed by atoms with Gasteiger partial charge >= 0.3 is 0 Å². The summed E-state index contributed by atoms with van der Waals surface area (Å²) < 4.78 is 0. The lowest BCUT2D eigenvalue weighted by Gasteiger charge is -2.44. The predicted octanol–water partition coefficient (Wildman–Crippen LogP) is 2.80. The Bertz CT molecular complexity index is 474. The molecule has 3 heteroatoms. The molecule has 1 aromatic carbocycles. The van der Waals surface area contributed by atoms with Crippen molar-refractivity contribution in [2.75, 3.05) is 26.2 Å². The molecule has 1 aliphatic heterocycles. The fourth-order valence-corrected chi connectivity index (χ4v) is 3.92. The summed E-state index contributed by atoms with van der Waals surface area (Å²) in [6, 6.07) is 7.08. The van der Waals surface area contributed by atoms with E-state index in [4.69, 9.17) is 0 Å². The summed E-state index contributed by atoms with van der Waals surface area (Å²) >= 11 is 0. The number of likely N-dealkylation sites (N-methyl/N-ethyl adjacent to an activating group) is 1. The van der Waals surface area contributed by atoms with Gasteiger partial charge in [-0.1, -0.05) is 13.0 Å². The van der Waals surface area contributed by atoms with E-state index in [1.165, 1.54) is 30.5 Å². The molecule has 20 heavy (non-hydrogen) atoms. The van der Waals surface area contributed by atoms with Gasteiger partial charge in [0.25, 0.3) is 0 Å². The molecule has 1 saturated heterocycles. The molecule has 0 spiro atoms. The van der Waals surface area contributed by atoms with Crippen LogP contribution in [0, 0.1) is 0 Å². The minimum atomic E-state index is 0.413. The summed E-state index contributed by atoms with van der Waals surface area (Å²) in [5.74, 6) is 0.413. The van der Waals surface area contributed by atoms with Gasteiger partial charge in [0.05, 0.1) is 0 Å². The fraction of sp³-hybridized carbons (Fsp3) is 0.647. The van der Waals surface area contributed by atoms with Gasteiger partial charge in [0, 0.05) is 31.7 Å². The third-order valence-electron chi connectivity index (χ3n) is 5.06. The van der Waals surface area contributed by atoms with Crippen molar-refractivity contribution in [1.29, 1.82) is 0 Å². The lowest BCUT2D eigenvalue weighted by Crippen LogP contribution is -2.52. The van der Waals surface area contributed by atoms with Crippen LogP contribution in [0.3, 0.4) is 0 Å². The Hall–Kier alpha value is -1.06. The number of fused-ring (bicyclic) bond motifs is 1. The van der Waals surface area contributed by atoms with E-state index in [0.717, 1.165) is 26.1 Å². The van der Waals surface area contributed by atoms with Gasteiger partial charge in [-0.2, -0.15) is 0 Å². The zero-order valence-corrected chi connectivity index (χ0v) is 12.7. The second-order valence-corrected chi connectivity index (χ2v) is 6.26. The van der Waals surface area contributed by atoms with Gasteiger partial charge in [0.15, 0.2) is 0 Å². The van der Waals surface area contributed by atoms with Gasteiger partial charge in [-0.05, 0) is 56.0 Å². The molecule has 1 fully saturated rings. The van der Waals surface area contributed by atoms with Crippen molar-refractivity contribution in [1.82, 2.24) is 9.80 Å². The first-order chi connectivity index (χ1) is 9.69. The van der Waals surface area contributed by atoms with Gasteiger partial charge in [-0.15, -0.1) is 0 Å². The van der Waals surface area contributed by atoms with Crippen molar-refractivity contribution < 1.29 is 5.11 Å². The molecule has 2 aliphatic rings. The van der Waals surface area contributed by atoms with Crippen LogP contribution < -0.4 is 0 Å². The van der Waals surface area contributed by atoms with E-state index >= 15 is 0 Å². The molecule has 0 saturated carbocycles. The molecule has 0 radical (unpaired) electrons. The molecule has 0 aromatic heterocycles. The number of rotatable bonds is 2. The normalized spacial score (nSPS) is 28.3. The first-order valence-corrected chi connectivity index (χ1v) is 7.99. The van der Waals surface area contributed by atoms with Crippen LogP contribution in [0.1, 0.15) is 43.9 Å². The Morgan fingerprint density at radius 1 is 1.30 bits per heavy atom. The number of aromatic hydroxyl groups is 1. The maximum Gasteiger partial charge on any atom is 0.115 e. The molecule has 3 nitrogen and oxygen atoms in total. The molecule has 110 valence electrons. The van der Waals surface area contributed by atoms with Gasteiger partial charge < -0.3 is 5.11 Å². The molecule has 1 aromatic rings. The summed E-state index contributed by atoms with van der Waals surface area (Å²) in [5, 5.41) is 9.81. The van der Waals surface area contributed by atoms with Crippen LogP contribution in [0.15, 0.2) is 18.2 Å². The van der Waals surface area contributed by atoms with E-state index in [9.17, 15) is 5.11 Å². The van der Waals surface area contributed by atoms with Crippen molar-refractivity contribution in [2.24, 2.45) is 0 Å². The maximum atomic E-state index is 9.81. The fourth-order valence-electron chi connectivity index (χ4n) is 3.92. The van der Waals surface area contributed by atoms with E-state index in [0.29, 0.717) is 17.8 Å². The standard InChI is InChI=1S/C17H26N2O/c1-3-18-9-10-19(12-13(18)2)17-6-4-5-14-7-8-15(20)11-16(14)17/h7-8,11,13,17,20H,3-6,9-10,12H2,1-2H3. The van der Waals surface area contributed by atoms with Crippen LogP contribution in [-0.2, 0) is 6.42 Å². The smallest absolute Gasteiger partial charge is 0.115 e. The number of aryl methyl sites for hydroxylation is 1. The zero-order valence-electron chi connectivity index (χ0n) is 12.7. The maximum absolute atomic E-state index is 9.81. The molecule has 1 aliphatic carbocycles. The molecular formula is C17H26N2O. The van der Waals surface area contributed by atoms with Gasteiger partial charge in [0.1, 0.15) is 5.75 Å². The highest BCUT2D eigenvalue weighted by Gasteiger charge is 2.31. The molecule has 0 amide bonds. The van der Waals surface area contributed by atoms with Gasteiger partial charge in [-0.25, -0.2) is 0 Å². The summed E-state index contributed by atoms with van der Waals surface area (Å²) in [4.78, 5) is 5.19. The number of phenolic OH excluding ortho intramolecular Hbond substituents is 1. The van der Waals surface area contributed by atoms with E-state index < -0.39 is 0 Å². The monoisotopic (exact) mass is 274 g/mol. The molecule has 2 unspecified atom stereocenters. The quantitative estimate of drug-likeness (QED) is 0.898. The van der Waals surface area contributed by atoms with Crippen LogP contribution >= 0.6 is 0 Å². The van der Waals surface area contributed by atoms with E-state index in [-0.39, 0.29) is 0 Å². The zero-order chi connectivity index (χ0) is 14.1. The highest BCUT2D eigenvalue weighted by molar-refractivity contribution is 5.38. The first kappa shape index (κ1) is 13.9. The van der Waals surface area contributed by atoms with Crippen molar-refractivity contribution >= 4 is 0 Å². The molecule has 0 bridgehead atoms. The Morgan fingerprint density at radius 3 is 2.90 bits per heavy atom. The minimum absolute atomic E-state index is 0.413. The lowest BCUT2D eigenvalue weighted by atomic mass is 9.86. The number of piperazine rings is 1. The van der Waals surface area contributed by atoms with Crippen LogP contribution in [-0.4, -0.2) is 47.1 Å². The predicted molar refractivity (Wildman–Crippen MR) is 82.1 cm³/mol. The average molecular weight is 274 g/mol. The molecule has 1 N–H and O–H groups in total. The minimum Gasteiger partial charge on any atom is -0.508 e. The lowest BCUT2D eigenvalue weighted by molar-refractivity contribution is 0.0526. The van der Waals surface area contributed by atoms with Crippen molar-refractivity contribution in [3.8, 4) is 5.75 Å². The molecule has 1 heterocycles. The summed E-state index contributed by atoms with van der Waals surface area (Å²) in [6.45, 7) is 9.20. The Balaban J connectivity index is 1.81. The van der Waals surface area contributed by atoms with Crippen LogP contribution in [0.25, 0.3) is 0 Å². The number of benzene rings is 1. The van der Waals surface area contributed by atoms with Gasteiger partial charge in [-0.3, -0.25) is 9.80 Å². The molecule has 2 atom stereocenters. The molecular weight excluding hydrogens is 248 g/mol. The summed E-state index contributed by atoms with van der Waals surface area (Å²) in [7, 11) is 0. The highest BCUT2D eigenvalue weighted by atomic mass is 16.3. The SMILES string of the molecule is CCN1CCN(C2CCCc3ccc(O)cc32)CC1C. The number of phenols is 1. The van der Waals surface area contributed by atoms with E-state index in [2.05, 4.69) is 29.7 Å². The third-order valence-corrected chi connectivity index (χ3v) is 5.06. The van der Waals surface area contributed by atoms with Crippen LogP contribution in [0.4, 0.5) is 0 Å². The average Bonchev–Trinajstić information content (AvgIpc) is 2.46. The summed E-state index contributed by atoms with van der Waals surface area (Å²) in [5.41, 5.74) is 2.80. The highest BCUT2D eigenvalue weighted by Crippen LogP contribution is 2.37. The third kappa shape index (κ3) is 2.57. The number of hydrogen-bond acceptors (Lipinski definition) is 3. The van der Waals surface area contributed by atoms with E-state index in [1.807, 2.05) is 12.1 Å². The topological polar surface area (TPSA) is 26.7 Å². The van der Waals surface area contributed by atoms with Crippen molar-refractivity contribution in [3.63, 3.8) is 0 Å². The number of nitrogens with zero attached hydrogens (tertiary/aromatic N) is 2. The van der Waals surface area contributed by atoms with E-state index in [1.54, 1.807) is 0 Å².